The third kappa shape index (κ3) is 6.67. The molecule has 0 unspecified atom stereocenters. The minimum Gasteiger partial charge on any atom is -0.493 e. The van der Waals surface area contributed by atoms with E-state index in [9.17, 15) is 14.9 Å². The molecule has 0 aliphatic carbocycles. The summed E-state index contributed by atoms with van der Waals surface area (Å²) in [6.07, 6.45) is 0.558. The van der Waals surface area contributed by atoms with Crippen LogP contribution in [0.5, 0.6) is 11.5 Å². The monoisotopic (exact) mass is 408 g/mol. The number of nitrogens with one attached hydrogen (secondary N) is 1. The number of rotatable bonds is 5. The molecule has 0 aliphatic rings. The van der Waals surface area contributed by atoms with Crippen molar-refractivity contribution in [3.05, 3.63) is 59.2 Å². The first-order valence-electron chi connectivity index (χ1n) is 9.20. The van der Waals surface area contributed by atoms with Gasteiger partial charge in [-0.2, -0.15) is 5.26 Å². The summed E-state index contributed by atoms with van der Waals surface area (Å²) in [5.74, 6) is -0.119. The number of hydrogen-bond donors (Lipinski definition) is 1. The van der Waals surface area contributed by atoms with Crippen molar-refractivity contribution in [3.63, 3.8) is 0 Å². The first-order valence-corrected chi connectivity index (χ1v) is 9.20. The zero-order valence-electron chi connectivity index (χ0n) is 17.6. The van der Waals surface area contributed by atoms with E-state index >= 15 is 0 Å². The number of methoxy groups -OCH3 is 1. The predicted molar refractivity (Wildman–Crippen MR) is 113 cm³/mol. The van der Waals surface area contributed by atoms with Crippen LogP contribution in [0.15, 0.2) is 48.0 Å². The molecule has 0 bridgehead atoms. The third-order valence-corrected chi connectivity index (χ3v) is 3.76. The lowest BCUT2D eigenvalue weighted by atomic mass is 10.1. The van der Waals surface area contributed by atoms with E-state index in [1.807, 2.05) is 25.1 Å². The minimum atomic E-state index is -0.862. The Kier molecular flexibility index (Phi) is 7.21. The Bertz CT molecular complexity index is 996. The second-order valence-corrected chi connectivity index (χ2v) is 7.47. The van der Waals surface area contributed by atoms with Crippen LogP contribution in [-0.2, 0) is 9.53 Å². The summed E-state index contributed by atoms with van der Waals surface area (Å²) < 4.78 is 15.6. The van der Waals surface area contributed by atoms with Crippen LogP contribution in [-0.4, -0.2) is 24.8 Å². The van der Waals surface area contributed by atoms with Crippen molar-refractivity contribution in [1.82, 2.24) is 0 Å². The highest BCUT2D eigenvalue weighted by atomic mass is 16.7. The van der Waals surface area contributed by atoms with Crippen molar-refractivity contribution < 1.29 is 23.8 Å². The molecule has 2 rings (SSSR count). The minimum absolute atomic E-state index is 0.0848. The highest BCUT2D eigenvalue weighted by molar-refractivity contribution is 6.09. The van der Waals surface area contributed by atoms with Crippen LogP contribution in [0.1, 0.15) is 31.9 Å². The first kappa shape index (κ1) is 22.5. The number of anilines is 1. The largest absolute Gasteiger partial charge is 0.514 e. The molecule has 0 spiro atoms. The molecule has 0 fully saturated rings. The Labute approximate surface area is 175 Å². The SMILES string of the molecule is COc1cc(/C=C(\C#N)C(=O)Nc2ccc(C)cc2)ccc1OC(=O)OC(C)(C)C. The fourth-order valence-corrected chi connectivity index (χ4v) is 2.37. The van der Waals surface area contributed by atoms with E-state index in [0.717, 1.165) is 5.56 Å². The lowest BCUT2D eigenvalue weighted by Gasteiger charge is -2.19. The van der Waals surface area contributed by atoms with E-state index in [1.54, 1.807) is 45.0 Å². The van der Waals surface area contributed by atoms with Crippen LogP contribution in [0.4, 0.5) is 10.5 Å². The number of ether oxygens (including phenoxy) is 3. The molecule has 0 saturated carbocycles. The van der Waals surface area contributed by atoms with Gasteiger partial charge >= 0.3 is 6.16 Å². The Morgan fingerprint density at radius 1 is 1.07 bits per heavy atom. The summed E-state index contributed by atoms with van der Waals surface area (Å²) in [7, 11) is 1.42. The Balaban J connectivity index is 2.19. The van der Waals surface area contributed by atoms with Crippen LogP contribution >= 0.6 is 0 Å². The molecule has 30 heavy (non-hydrogen) atoms. The van der Waals surface area contributed by atoms with E-state index in [0.29, 0.717) is 11.3 Å². The molecule has 2 aromatic rings. The second-order valence-electron chi connectivity index (χ2n) is 7.47. The number of hydrogen-bond acceptors (Lipinski definition) is 6. The van der Waals surface area contributed by atoms with Crippen LogP contribution < -0.4 is 14.8 Å². The molecular weight excluding hydrogens is 384 g/mol. The molecule has 1 N–H and O–H groups in total. The molecule has 0 saturated heterocycles. The molecule has 1 amide bonds. The number of carbonyl (C=O) groups is 2. The quantitative estimate of drug-likeness (QED) is 0.328. The van der Waals surface area contributed by atoms with Gasteiger partial charge in [0.05, 0.1) is 7.11 Å². The van der Waals surface area contributed by atoms with E-state index in [1.165, 1.54) is 19.3 Å². The van der Waals surface area contributed by atoms with Gasteiger partial charge in [0.25, 0.3) is 5.91 Å². The number of nitrogens with zero attached hydrogens (tertiary/aromatic N) is 1. The zero-order chi connectivity index (χ0) is 22.3. The van der Waals surface area contributed by atoms with Gasteiger partial charge in [-0.3, -0.25) is 4.79 Å². The molecule has 2 aromatic carbocycles. The Morgan fingerprint density at radius 2 is 1.73 bits per heavy atom. The average molecular weight is 408 g/mol. The smallest absolute Gasteiger partial charge is 0.493 e. The summed E-state index contributed by atoms with van der Waals surface area (Å²) in [4.78, 5) is 24.3. The van der Waals surface area contributed by atoms with Crippen molar-refractivity contribution in [2.75, 3.05) is 12.4 Å². The number of carbonyl (C=O) groups excluding carboxylic acids is 2. The molecule has 0 radical (unpaired) electrons. The molecule has 7 nitrogen and oxygen atoms in total. The highest BCUT2D eigenvalue weighted by Crippen LogP contribution is 2.30. The number of amides is 1. The van der Waals surface area contributed by atoms with Crippen LogP contribution in [0, 0.1) is 18.3 Å². The predicted octanol–water partition coefficient (Wildman–Crippen LogP) is 4.86. The van der Waals surface area contributed by atoms with Gasteiger partial charge in [-0.05, 0) is 63.6 Å². The summed E-state index contributed by atoms with van der Waals surface area (Å²) in [5.41, 5.74) is 1.40. The van der Waals surface area contributed by atoms with Gasteiger partial charge in [0.15, 0.2) is 11.5 Å². The lowest BCUT2D eigenvalue weighted by molar-refractivity contribution is -0.112. The summed E-state index contributed by atoms with van der Waals surface area (Å²) in [6.45, 7) is 7.12. The van der Waals surface area contributed by atoms with Crippen molar-refractivity contribution >= 4 is 23.8 Å². The zero-order valence-corrected chi connectivity index (χ0v) is 17.6. The third-order valence-electron chi connectivity index (χ3n) is 3.76. The fourth-order valence-electron chi connectivity index (χ4n) is 2.37. The molecule has 0 aromatic heterocycles. The van der Waals surface area contributed by atoms with E-state index in [4.69, 9.17) is 14.2 Å². The Hall–Kier alpha value is -3.79. The molecule has 0 heterocycles. The standard InChI is InChI=1S/C23H24N2O5/c1-15-6-9-18(10-7-15)25-21(26)17(14-24)12-16-8-11-19(20(13-16)28-5)29-22(27)30-23(2,3)4/h6-13H,1-5H3,(H,25,26)/b17-12+. The summed E-state index contributed by atoms with van der Waals surface area (Å²) >= 11 is 0. The Morgan fingerprint density at radius 3 is 2.30 bits per heavy atom. The maximum atomic E-state index is 12.4. The van der Waals surface area contributed by atoms with Gasteiger partial charge < -0.3 is 19.5 Å². The van der Waals surface area contributed by atoms with Gasteiger partial charge in [0.1, 0.15) is 17.2 Å². The van der Waals surface area contributed by atoms with Crippen LogP contribution in [0.3, 0.4) is 0 Å². The maximum absolute atomic E-state index is 12.4. The molecule has 0 aliphatic heterocycles. The first-order chi connectivity index (χ1) is 14.1. The van der Waals surface area contributed by atoms with Gasteiger partial charge in [-0.25, -0.2) is 4.79 Å². The van der Waals surface area contributed by atoms with Crippen LogP contribution in [0.25, 0.3) is 6.08 Å². The van der Waals surface area contributed by atoms with Crippen molar-refractivity contribution in [3.8, 4) is 17.6 Å². The number of nitriles is 1. The van der Waals surface area contributed by atoms with E-state index in [2.05, 4.69) is 5.32 Å². The average Bonchev–Trinajstić information content (AvgIpc) is 2.67. The maximum Gasteiger partial charge on any atom is 0.514 e. The molecule has 7 heteroatoms. The van der Waals surface area contributed by atoms with Crippen LogP contribution in [0.2, 0.25) is 0 Å². The number of benzene rings is 2. The van der Waals surface area contributed by atoms with Gasteiger partial charge in [-0.15, -0.1) is 0 Å². The van der Waals surface area contributed by atoms with Crippen molar-refractivity contribution in [1.29, 1.82) is 5.26 Å². The summed E-state index contributed by atoms with van der Waals surface area (Å²) in [5, 5.41) is 12.1. The lowest BCUT2D eigenvalue weighted by Crippen LogP contribution is -2.26. The number of aryl methyl sites for hydroxylation is 1. The van der Waals surface area contributed by atoms with Gasteiger partial charge in [0, 0.05) is 5.69 Å². The van der Waals surface area contributed by atoms with E-state index in [-0.39, 0.29) is 17.1 Å². The summed E-state index contributed by atoms with van der Waals surface area (Å²) in [6, 6.07) is 13.8. The fraction of sp³-hybridized carbons (Fsp3) is 0.261. The topological polar surface area (TPSA) is 97.6 Å². The second kappa shape index (κ2) is 9.61. The highest BCUT2D eigenvalue weighted by Gasteiger charge is 2.20. The van der Waals surface area contributed by atoms with Crippen molar-refractivity contribution in [2.45, 2.75) is 33.3 Å². The van der Waals surface area contributed by atoms with Gasteiger partial charge in [0.2, 0.25) is 0 Å². The van der Waals surface area contributed by atoms with E-state index < -0.39 is 17.7 Å². The normalized spacial score (nSPS) is 11.3. The molecular formula is C23H24N2O5. The molecule has 156 valence electrons. The van der Waals surface area contributed by atoms with Gasteiger partial charge in [-0.1, -0.05) is 23.8 Å². The van der Waals surface area contributed by atoms with Crippen molar-refractivity contribution in [2.24, 2.45) is 0 Å². The molecule has 0 atom stereocenters.